The van der Waals surface area contributed by atoms with E-state index in [2.05, 4.69) is 0 Å². The number of carbonyl (C=O) groups is 1. The minimum atomic E-state index is -1.11. The Labute approximate surface area is 94.4 Å². The first-order valence-corrected chi connectivity index (χ1v) is 5.53. The van der Waals surface area contributed by atoms with Gasteiger partial charge in [-0.05, 0) is 25.3 Å². The van der Waals surface area contributed by atoms with Crippen molar-refractivity contribution in [2.45, 2.75) is 31.5 Å². The van der Waals surface area contributed by atoms with E-state index in [0.717, 1.165) is 12.7 Å². The Kier molecular flexibility index (Phi) is 3.06. The molecule has 1 fully saturated rings. The molecule has 2 nitrogen and oxygen atoms in total. The molecular formula is C13H15FO2. The predicted molar refractivity (Wildman–Crippen MR) is 59.3 cm³/mol. The van der Waals surface area contributed by atoms with Gasteiger partial charge in [-0.3, -0.25) is 4.79 Å². The number of aldehydes is 1. The highest BCUT2D eigenvalue weighted by atomic mass is 19.1. The van der Waals surface area contributed by atoms with Crippen LogP contribution in [0.25, 0.3) is 0 Å². The van der Waals surface area contributed by atoms with Gasteiger partial charge in [0.05, 0.1) is 0 Å². The molecule has 1 saturated heterocycles. The zero-order chi connectivity index (χ0) is 11.6. The number of carbonyl (C=O) groups excluding carboxylic acids is 1. The maximum atomic E-state index is 13.8. The molecule has 1 aromatic carbocycles. The third kappa shape index (κ3) is 1.65. The van der Waals surface area contributed by atoms with Crippen LogP contribution in [0.2, 0.25) is 0 Å². The first-order chi connectivity index (χ1) is 7.70. The van der Waals surface area contributed by atoms with Crippen LogP contribution in [0.1, 0.15) is 35.7 Å². The Hall–Kier alpha value is -1.22. The monoisotopic (exact) mass is 222 g/mol. The van der Waals surface area contributed by atoms with Crippen LogP contribution in [0, 0.1) is 0 Å². The topological polar surface area (TPSA) is 26.3 Å². The maximum absolute atomic E-state index is 13.8. The lowest BCUT2D eigenvalue weighted by atomic mass is 9.84. The van der Waals surface area contributed by atoms with E-state index in [1.807, 2.05) is 6.07 Å². The molecule has 1 aliphatic rings. The highest BCUT2D eigenvalue weighted by molar-refractivity contribution is 5.78. The van der Waals surface area contributed by atoms with E-state index < -0.39 is 11.8 Å². The maximum Gasteiger partial charge on any atom is 0.150 e. The summed E-state index contributed by atoms with van der Waals surface area (Å²) in [4.78, 5) is 11.0. The molecule has 1 heterocycles. The number of hydrogen-bond acceptors (Lipinski definition) is 2. The molecule has 2 atom stereocenters. The van der Waals surface area contributed by atoms with Crippen LogP contribution in [-0.4, -0.2) is 19.1 Å². The molecule has 0 aromatic heterocycles. The molecule has 2 rings (SSSR count). The second-order valence-electron chi connectivity index (χ2n) is 4.16. The Bertz CT molecular complexity index is 381. The molecule has 86 valence electrons. The number of halogens is 1. The van der Waals surface area contributed by atoms with Crippen molar-refractivity contribution < 1.29 is 13.9 Å². The zero-order valence-corrected chi connectivity index (χ0v) is 9.28. The fourth-order valence-electron chi connectivity index (χ4n) is 2.39. The summed E-state index contributed by atoms with van der Waals surface area (Å²) in [6.07, 6.45) is 1.12. The largest absolute Gasteiger partial charge is 0.367 e. The van der Waals surface area contributed by atoms with Gasteiger partial charge in [0.25, 0.3) is 0 Å². The van der Waals surface area contributed by atoms with Crippen molar-refractivity contribution in [1.29, 1.82) is 0 Å². The lowest BCUT2D eigenvalue weighted by Crippen LogP contribution is -2.35. The van der Waals surface area contributed by atoms with Crippen molar-refractivity contribution in [2.75, 3.05) is 6.61 Å². The van der Waals surface area contributed by atoms with Gasteiger partial charge in [-0.2, -0.15) is 0 Å². The van der Waals surface area contributed by atoms with Crippen molar-refractivity contribution in [2.24, 2.45) is 0 Å². The van der Waals surface area contributed by atoms with Gasteiger partial charge in [-0.25, -0.2) is 4.39 Å². The Balaban J connectivity index is 2.51. The van der Waals surface area contributed by atoms with Crippen molar-refractivity contribution in [3.63, 3.8) is 0 Å². The average Bonchev–Trinajstić information content (AvgIpc) is 2.79. The third-order valence-electron chi connectivity index (χ3n) is 3.24. The Morgan fingerprint density at radius 2 is 2.25 bits per heavy atom. The van der Waals surface area contributed by atoms with Crippen LogP contribution in [0.3, 0.4) is 0 Å². The first kappa shape index (κ1) is 11.3. The van der Waals surface area contributed by atoms with Crippen molar-refractivity contribution in [1.82, 2.24) is 0 Å². The summed E-state index contributed by atoms with van der Waals surface area (Å²) in [6.45, 7) is 2.05. The van der Waals surface area contributed by atoms with E-state index in [1.165, 1.54) is 6.92 Å². The highest BCUT2D eigenvalue weighted by Crippen LogP contribution is 2.41. The molecule has 2 unspecified atom stereocenters. The van der Waals surface area contributed by atoms with E-state index in [9.17, 15) is 9.18 Å². The van der Waals surface area contributed by atoms with E-state index in [0.29, 0.717) is 24.2 Å². The van der Waals surface area contributed by atoms with Gasteiger partial charge in [-0.15, -0.1) is 0 Å². The number of ether oxygens (including phenoxy) is 1. The Morgan fingerprint density at radius 1 is 1.50 bits per heavy atom. The molecule has 0 saturated carbocycles. The molecule has 0 N–H and O–H groups in total. The quantitative estimate of drug-likeness (QED) is 0.735. The van der Waals surface area contributed by atoms with Crippen LogP contribution in [0.5, 0.6) is 0 Å². The summed E-state index contributed by atoms with van der Waals surface area (Å²) in [5.41, 5.74) is 0.281. The summed E-state index contributed by atoms with van der Waals surface area (Å²) in [6, 6.07) is 7.08. The van der Waals surface area contributed by atoms with E-state index >= 15 is 0 Å². The summed E-state index contributed by atoms with van der Waals surface area (Å²) in [5, 5.41) is 0. The van der Waals surface area contributed by atoms with E-state index in [-0.39, 0.29) is 0 Å². The molecule has 0 amide bonds. The van der Waals surface area contributed by atoms with Crippen LogP contribution < -0.4 is 0 Å². The molecule has 16 heavy (non-hydrogen) atoms. The number of alkyl halides is 1. The normalized spacial score (nSPS) is 26.6. The lowest BCUT2D eigenvalue weighted by molar-refractivity contribution is -0.0562. The highest BCUT2D eigenvalue weighted by Gasteiger charge is 2.43. The zero-order valence-electron chi connectivity index (χ0n) is 9.28. The second kappa shape index (κ2) is 4.34. The standard InChI is InChI=1S/C13H15FO2/c1-10(14)13(7-4-8-16-13)12-6-3-2-5-11(12)9-15/h2-3,5-6,9-10H,4,7-8H2,1H3. The predicted octanol–water partition coefficient (Wildman–Crippen LogP) is 2.86. The molecular weight excluding hydrogens is 207 g/mol. The molecule has 1 aliphatic heterocycles. The SMILES string of the molecule is CC(F)C1(c2ccccc2C=O)CCCO1. The molecule has 3 heteroatoms. The summed E-state index contributed by atoms with van der Waals surface area (Å²) >= 11 is 0. The fourth-order valence-corrected chi connectivity index (χ4v) is 2.39. The Morgan fingerprint density at radius 3 is 2.81 bits per heavy atom. The fraction of sp³-hybridized carbons (Fsp3) is 0.462. The number of hydrogen-bond donors (Lipinski definition) is 0. The molecule has 0 spiro atoms. The lowest BCUT2D eigenvalue weighted by Gasteiger charge is -2.31. The van der Waals surface area contributed by atoms with Crippen LogP contribution in [-0.2, 0) is 10.3 Å². The third-order valence-corrected chi connectivity index (χ3v) is 3.24. The van der Waals surface area contributed by atoms with Gasteiger partial charge >= 0.3 is 0 Å². The molecule has 0 radical (unpaired) electrons. The van der Waals surface area contributed by atoms with Gasteiger partial charge in [0.1, 0.15) is 18.1 Å². The van der Waals surface area contributed by atoms with Crippen molar-refractivity contribution in [3.05, 3.63) is 35.4 Å². The second-order valence-corrected chi connectivity index (χ2v) is 4.16. The minimum Gasteiger partial charge on any atom is -0.367 e. The number of rotatable bonds is 3. The van der Waals surface area contributed by atoms with E-state index in [1.54, 1.807) is 18.2 Å². The van der Waals surface area contributed by atoms with Gasteiger partial charge < -0.3 is 4.74 Å². The molecule has 1 aromatic rings. The molecule has 0 bridgehead atoms. The summed E-state index contributed by atoms with van der Waals surface area (Å²) in [5.74, 6) is 0. The summed E-state index contributed by atoms with van der Waals surface area (Å²) in [7, 11) is 0. The number of benzene rings is 1. The first-order valence-electron chi connectivity index (χ1n) is 5.53. The van der Waals surface area contributed by atoms with Gasteiger partial charge in [0, 0.05) is 12.2 Å². The minimum absolute atomic E-state index is 0.522. The van der Waals surface area contributed by atoms with Crippen molar-refractivity contribution >= 4 is 6.29 Å². The van der Waals surface area contributed by atoms with Crippen LogP contribution in [0.4, 0.5) is 4.39 Å². The van der Waals surface area contributed by atoms with Gasteiger partial charge in [0.15, 0.2) is 0 Å². The van der Waals surface area contributed by atoms with Crippen LogP contribution >= 0.6 is 0 Å². The summed E-state index contributed by atoms with van der Waals surface area (Å²) < 4.78 is 19.4. The van der Waals surface area contributed by atoms with Gasteiger partial charge in [0.2, 0.25) is 0 Å². The van der Waals surface area contributed by atoms with Gasteiger partial charge in [-0.1, -0.05) is 24.3 Å². The van der Waals surface area contributed by atoms with Crippen LogP contribution in [0.15, 0.2) is 24.3 Å². The smallest absolute Gasteiger partial charge is 0.150 e. The van der Waals surface area contributed by atoms with Crippen molar-refractivity contribution in [3.8, 4) is 0 Å². The van der Waals surface area contributed by atoms with E-state index in [4.69, 9.17) is 4.74 Å². The molecule has 0 aliphatic carbocycles. The average molecular weight is 222 g/mol.